The first-order valence-electron chi connectivity index (χ1n) is 9.30. The van der Waals surface area contributed by atoms with Crippen LogP contribution in [0.25, 0.3) is 22.4 Å². The summed E-state index contributed by atoms with van der Waals surface area (Å²) in [5.74, 6) is -0.292. The zero-order valence-corrected chi connectivity index (χ0v) is 16.8. The van der Waals surface area contributed by atoms with Gasteiger partial charge in [0, 0.05) is 17.3 Å². The Morgan fingerprint density at radius 1 is 1.23 bits per heavy atom. The van der Waals surface area contributed by atoms with Crippen molar-refractivity contribution in [2.24, 2.45) is 5.73 Å². The lowest BCUT2D eigenvalue weighted by Gasteiger charge is -2.11. The number of oxazole rings is 1. The molecule has 0 saturated heterocycles. The van der Waals surface area contributed by atoms with Gasteiger partial charge in [0.25, 0.3) is 7.48 Å². The van der Waals surface area contributed by atoms with Crippen LogP contribution >= 0.6 is 0 Å². The third-order valence-corrected chi connectivity index (χ3v) is 4.32. The monoisotopic (exact) mass is 437 g/mol. The average molecular weight is 437 g/mol. The van der Waals surface area contributed by atoms with E-state index in [1.807, 2.05) is 0 Å². The molecule has 164 valence electrons. The van der Waals surface area contributed by atoms with Crippen LogP contribution in [0.15, 0.2) is 28.7 Å². The average Bonchev–Trinajstić information content (AvgIpc) is 3.16. The Hall–Kier alpha value is -3.12. The number of ether oxygens (including phenoxy) is 2. The molecule has 0 fully saturated rings. The van der Waals surface area contributed by atoms with E-state index in [1.165, 1.54) is 19.2 Å². The molecule has 3 rings (SSSR count). The Morgan fingerprint density at radius 3 is 2.65 bits per heavy atom. The van der Waals surface area contributed by atoms with Crippen molar-refractivity contribution in [3.05, 3.63) is 41.4 Å². The molecule has 2 N–H and O–H groups in total. The van der Waals surface area contributed by atoms with E-state index in [1.54, 1.807) is 13.0 Å². The van der Waals surface area contributed by atoms with E-state index in [-0.39, 0.29) is 55.8 Å². The maximum absolute atomic E-state index is 13.1. The predicted molar refractivity (Wildman–Crippen MR) is 106 cm³/mol. The summed E-state index contributed by atoms with van der Waals surface area (Å²) < 4.78 is 60.5. The Balaban J connectivity index is 2.14. The smallest absolute Gasteiger partial charge is 0.433 e. The number of halogens is 3. The first kappa shape index (κ1) is 22.6. The predicted octanol–water partition coefficient (Wildman–Crippen LogP) is 2.88. The molecule has 0 radical (unpaired) electrons. The fraction of sp³-hybridized carbons (Fsp3) is 0.316. The van der Waals surface area contributed by atoms with E-state index in [4.69, 9.17) is 24.3 Å². The quantitative estimate of drug-likeness (QED) is 0.248. The lowest BCUT2D eigenvalue weighted by Crippen LogP contribution is -2.13. The number of alkyl halides is 3. The van der Waals surface area contributed by atoms with Gasteiger partial charge in [0.05, 0.1) is 20.4 Å². The molecule has 2 aromatic heterocycles. The van der Waals surface area contributed by atoms with E-state index in [2.05, 4.69) is 9.97 Å². The summed E-state index contributed by atoms with van der Waals surface area (Å²) in [6, 6.07) is 5.14. The number of fused-ring (bicyclic) bond motifs is 1. The minimum Gasteiger partial charge on any atom is -0.494 e. The van der Waals surface area contributed by atoms with Gasteiger partial charge in [0.2, 0.25) is 5.89 Å². The molecule has 0 aliphatic heterocycles. The summed E-state index contributed by atoms with van der Waals surface area (Å²) in [7, 11) is 1.51. The van der Waals surface area contributed by atoms with Crippen molar-refractivity contribution in [3.63, 3.8) is 0 Å². The number of hydrogen-bond donors (Lipinski definition) is 1. The number of methoxy groups -OCH3 is 1. The van der Waals surface area contributed by atoms with Crippen molar-refractivity contribution in [3.8, 4) is 17.2 Å². The Labute approximate surface area is 175 Å². The fourth-order valence-corrected chi connectivity index (χ4v) is 2.94. The van der Waals surface area contributed by atoms with Crippen LogP contribution < -0.4 is 10.5 Å². The summed E-state index contributed by atoms with van der Waals surface area (Å²) in [6.45, 7) is 1.78. The van der Waals surface area contributed by atoms with E-state index < -0.39 is 17.8 Å². The van der Waals surface area contributed by atoms with Crippen LogP contribution in [0.5, 0.6) is 5.75 Å². The first-order valence-corrected chi connectivity index (χ1v) is 9.30. The second-order valence-corrected chi connectivity index (χ2v) is 6.24. The van der Waals surface area contributed by atoms with Crippen molar-refractivity contribution in [1.82, 2.24) is 9.97 Å². The van der Waals surface area contributed by atoms with Crippen molar-refractivity contribution in [2.75, 3.05) is 20.4 Å². The van der Waals surface area contributed by atoms with Crippen LogP contribution in [0.3, 0.4) is 0 Å². The van der Waals surface area contributed by atoms with Crippen LogP contribution in [0.4, 0.5) is 13.2 Å². The maximum atomic E-state index is 13.1. The summed E-state index contributed by atoms with van der Waals surface area (Å²) in [4.78, 5) is 20.2. The highest BCUT2D eigenvalue weighted by Gasteiger charge is 2.33. The molecule has 0 unspecified atom stereocenters. The number of carbonyl (C=O) groups is 1. The van der Waals surface area contributed by atoms with Gasteiger partial charge in [-0.2, -0.15) is 13.2 Å². The summed E-state index contributed by atoms with van der Waals surface area (Å²) in [6.07, 6.45) is -4.42. The number of aromatic nitrogens is 2. The molecule has 0 saturated carbocycles. The SMILES string of the molecule is CCOC(=O)c1nc(-c2ccc(OC)c3nc(C(F)(F)F)ccc23)oc1CBOCN. The lowest BCUT2D eigenvalue weighted by molar-refractivity contribution is -0.140. The highest BCUT2D eigenvalue weighted by molar-refractivity contribution is 6.26. The molecule has 0 aliphatic carbocycles. The maximum Gasteiger partial charge on any atom is 0.433 e. The highest BCUT2D eigenvalue weighted by atomic mass is 19.4. The molecule has 2 heterocycles. The van der Waals surface area contributed by atoms with Crippen molar-refractivity contribution < 1.29 is 36.5 Å². The van der Waals surface area contributed by atoms with Crippen LogP contribution in [-0.4, -0.2) is 43.9 Å². The van der Waals surface area contributed by atoms with Crippen LogP contribution in [0.2, 0.25) is 0 Å². The molecule has 12 heteroatoms. The summed E-state index contributed by atoms with van der Waals surface area (Å²) >= 11 is 0. The normalized spacial score (nSPS) is 11.5. The van der Waals surface area contributed by atoms with Gasteiger partial charge in [-0.15, -0.1) is 0 Å². The second-order valence-electron chi connectivity index (χ2n) is 6.24. The standard InChI is InChI=1S/C19H19BF3N3O5/c1-3-29-18(27)16-13(8-20-30-9-24)31-17(26-16)11-4-6-12(28-2)15-10(11)5-7-14(25-15)19(21,22)23/h4-7,20H,3,8-9,24H2,1-2H3. The van der Waals surface area contributed by atoms with Crippen molar-refractivity contribution >= 4 is 24.4 Å². The molecule has 0 spiro atoms. The molecule has 1 aromatic carbocycles. The van der Waals surface area contributed by atoms with Gasteiger partial charge in [0.1, 0.15) is 22.7 Å². The molecular weight excluding hydrogens is 418 g/mol. The Kier molecular flexibility index (Phi) is 6.81. The van der Waals surface area contributed by atoms with E-state index in [9.17, 15) is 18.0 Å². The third-order valence-electron chi connectivity index (χ3n) is 4.32. The molecular formula is C19H19BF3N3O5. The minimum absolute atomic E-state index is 0.00788. The minimum atomic E-state index is -4.62. The number of benzene rings is 1. The van der Waals surface area contributed by atoms with Gasteiger partial charge in [-0.05, 0) is 31.2 Å². The Bertz CT molecular complexity index is 1090. The number of carbonyl (C=O) groups excluding carboxylic acids is 1. The molecule has 0 aliphatic rings. The van der Waals surface area contributed by atoms with Crippen molar-refractivity contribution in [1.29, 1.82) is 0 Å². The van der Waals surface area contributed by atoms with Gasteiger partial charge in [-0.3, -0.25) is 0 Å². The zero-order valence-electron chi connectivity index (χ0n) is 16.8. The van der Waals surface area contributed by atoms with Gasteiger partial charge < -0.3 is 24.3 Å². The molecule has 0 amide bonds. The van der Waals surface area contributed by atoms with Gasteiger partial charge in [-0.25, -0.2) is 14.8 Å². The highest BCUT2D eigenvalue weighted by Crippen LogP contribution is 2.37. The second kappa shape index (κ2) is 9.35. The fourth-order valence-electron chi connectivity index (χ4n) is 2.94. The van der Waals surface area contributed by atoms with Gasteiger partial charge >= 0.3 is 12.1 Å². The van der Waals surface area contributed by atoms with Crippen LogP contribution in [0, 0.1) is 0 Å². The van der Waals surface area contributed by atoms with Gasteiger partial charge in [0.15, 0.2) is 5.69 Å². The van der Waals surface area contributed by atoms with E-state index in [0.717, 1.165) is 6.07 Å². The van der Waals surface area contributed by atoms with E-state index in [0.29, 0.717) is 10.9 Å². The molecule has 0 bridgehead atoms. The zero-order chi connectivity index (χ0) is 22.6. The number of nitrogens with two attached hydrogens (primary N) is 1. The molecule has 31 heavy (non-hydrogen) atoms. The number of nitrogens with zero attached hydrogens (tertiary/aromatic N) is 2. The van der Waals surface area contributed by atoms with Crippen molar-refractivity contribution in [2.45, 2.75) is 19.4 Å². The lowest BCUT2D eigenvalue weighted by atomic mass is 9.93. The van der Waals surface area contributed by atoms with Gasteiger partial charge in [-0.1, -0.05) is 0 Å². The van der Waals surface area contributed by atoms with E-state index >= 15 is 0 Å². The first-order chi connectivity index (χ1) is 14.8. The number of esters is 1. The molecule has 8 nitrogen and oxygen atoms in total. The number of pyridine rings is 1. The summed E-state index contributed by atoms with van der Waals surface area (Å²) in [5.41, 5.74) is 4.53. The van der Waals surface area contributed by atoms with Crippen LogP contribution in [0.1, 0.15) is 28.9 Å². The molecule has 3 aromatic rings. The number of rotatable bonds is 8. The third kappa shape index (κ3) is 4.80. The summed E-state index contributed by atoms with van der Waals surface area (Å²) in [5, 5.41) is 0.314. The molecule has 0 atom stereocenters. The Morgan fingerprint density at radius 2 is 2.00 bits per heavy atom. The largest absolute Gasteiger partial charge is 0.494 e. The van der Waals surface area contributed by atoms with Crippen LogP contribution in [-0.2, 0) is 21.9 Å². The topological polar surface area (TPSA) is 110 Å². The number of hydrogen-bond acceptors (Lipinski definition) is 8.